The van der Waals surface area contributed by atoms with Crippen molar-refractivity contribution in [3.8, 4) is 11.8 Å². The molecule has 4 heteroatoms. The Morgan fingerprint density at radius 1 is 1.21 bits per heavy atom. The Morgan fingerprint density at radius 2 is 1.92 bits per heavy atom. The molecule has 0 aromatic heterocycles. The van der Waals surface area contributed by atoms with Gasteiger partial charge >= 0.3 is 6.09 Å². The van der Waals surface area contributed by atoms with Crippen LogP contribution in [0, 0.1) is 11.8 Å². The van der Waals surface area contributed by atoms with E-state index in [1.54, 1.807) is 4.90 Å². The third-order valence-corrected chi connectivity index (χ3v) is 4.03. The van der Waals surface area contributed by atoms with Gasteiger partial charge in [-0.3, -0.25) is 4.90 Å². The molecule has 0 radical (unpaired) electrons. The third-order valence-electron chi connectivity index (χ3n) is 4.03. The van der Waals surface area contributed by atoms with E-state index in [0.717, 1.165) is 24.8 Å². The van der Waals surface area contributed by atoms with Gasteiger partial charge in [0.25, 0.3) is 0 Å². The van der Waals surface area contributed by atoms with Crippen molar-refractivity contribution in [2.45, 2.75) is 58.2 Å². The van der Waals surface area contributed by atoms with Crippen molar-refractivity contribution >= 4 is 6.09 Å². The van der Waals surface area contributed by atoms with Gasteiger partial charge in [-0.15, -0.1) is 0 Å². The second-order valence-corrected chi connectivity index (χ2v) is 7.12. The number of rotatable bonds is 4. The van der Waals surface area contributed by atoms with E-state index in [1.807, 2.05) is 58.0 Å². The Hall–Kier alpha value is -1.99. The van der Waals surface area contributed by atoms with Crippen LogP contribution in [0.5, 0.6) is 0 Å². The molecule has 0 bridgehead atoms. The van der Waals surface area contributed by atoms with E-state index in [2.05, 4.69) is 11.8 Å². The second kappa shape index (κ2) is 7.72. The van der Waals surface area contributed by atoms with Crippen LogP contribution in [0.15, 0.2) is 30.3 Å². The van der Waals surface area contributed by atoms with Gasteiger partial charge in [0.15, 0.2) is 0 Å². The lowest BCUT2D eigenvalue weighted by Crippen LogP contribution is -2.52. The first kappa shape index (κ1) is 18.4. The number of amides is 1. The minimum absolute atomic E-state index is 0.308. The Bertz CT molecular complexity index is 595. The number of hydrogen-bond acceptors (Lipinski definition) is 3. The molecule has 1 aliphatic heterocycles. The lowest BCUT2D eigenvalue weighted by molar-refractivity contribution is -0.0518. The topological polar surface area (TPSA) is 38.8 Å². The summed E-state index contributed by atoms with van der Waals surface area (Å²) in [5.74, 6) is 6.28. The monoisotopic (exact) mass is 329 g/mol. The minimum Gasteiger partial charge on any atom is -0.449 e. The molecule has 130 valence electrons. The molecule has 1 aromatic carbocycles. The molecule has 1 saturated heterocycles. The van der Waals surface area contributed by atoms with Gasteiger partial charge in [-0.25, -0.2) is 4.79 Å². The first-order valence-corrected chi connectivity index (χ1v) is 8.48. The van der Waals surface area contributed by atoms with Crippen molar-refractivity contribution < 1.29 is 14.3 Å². The number of hydrogen-bond donors (Lipinski definition) is 0. The van der Waals surface area contributed by atoms with E-state index in [4.69, 9.17) is 9.47 Å². The fourth-order valence-electron chi connectivity index (χ4n) is 2.90. The molecule has 0 atom stereocenters. The summed E-state index contributed by atoms with van der Waals surface area (Å²) in [4.78, 5) is 14.0. The van der Waals surface area contributed by atoms with Gasteiger partial charge in [0.2, 0.25) is 0 Å². The third kappa shape index (κ3) is 4.75. The molecule has 0 N–H and O–H groups in total. The van der Waals surface area contributed by atoms with Crippen molar-refractivity contribution in [2.24, 2.45) is 0 Å². The van der Waals surface area contributed by atoms with Crippen molar-refractivity contribution in [1.29, 1.82) is 0 Å². The number of ether oxygens (including phenoxy) is 2. The first-order chi connectivity index (χ1) is 11.3. The van der Waals surface area contributed by atoms with E-state index >= 15 is 0 Å². The molecular formula is C20H27NO3. The van der Waals surface area contributed by atoms with Gasteiger partial charge in [0, 0.05) is 12.0 Å². The van der Waals surface area contributed by atoms with Crippen LogP contribution >= 0.6 is 0 Å². The Balaban J connectivity index is 1.69. The fraction of sp³-hybridized carbons (Fsp3) is 0.550. The first-order valence-electron chi connectivity index (χ1n) is 8.48. The van der Waals surface area contributed by atoms with Gasteiger partial charge in [0.05, 0.1) is 18.8 Å². The van der Waals surface area contributed by atoms with Gasteiger partial charge in [-0.05, 0) is 52.7 Å². The summed E-state index contributed by atoms with van der Waals surface area (Å²) in [7, 11) is 0. The van der Waals surface area contributed by atoms with E-state index in [1.165, 1.54) is 0 Å². The van der Waals surface area contributed by atoms with Gasteiger partial charge in [0.1, 0.15) is 5.72 Å². The zero-order valence-corrected chi connectivity index (χ0v) is 15.1. The zero-order valence-electron chi connectivity index (χ0n) is 15.1. The van der Waals surface area contributed by atoms with Crippen molar-refractivity contribution in [3.63, 3.8) is 0 Å². The molecule has 0 unspecified atom stereocenters. The predicted octanol–water partition coefficient (Wildman–Crippen LogP) is 4.19. The maximum absolute atomic E-state index is 12.3. The van der Waals surface area contributed by atoms with Gasteiger partial charge in [-0.1, -0.05) is 30.0 Å². The summed E-state index contributed by atoms with van der Waals surface area (Å²) < 4.78 is 11.1. The van der Waals surface area contributed by atoms with E-state index < -0.39 is 5.72 Å². The highest BCUT2D eigenvalue weighted by Crippen LogP contribution is 2.34. The lowest BCUT2D eigenvalue weighted by atomic mass is 10.0. The van der Waals surface area contributed by atoms with Crippen molar-refractivity contribution in [1.82, 2.24) is 4.90 Å². The van der Waals surface area contributed by atoms with E-state index in [-0.39, 0.29) is 11.6 Å². The summed E-state index contributed by atoms with van der Waals surface area (Å²) in [6.45, 7) is 8.69. The van der Waals surface area contributed by atoms with Crippen LogP contribution in [-0.2, 0) is 9.47 Å². The van der Waals surface area contributed by atoms with Crippen LogP contribution in [0.25, 0.3) is 0 Å². The van der Waals surface area contributed by atoms with Crippen LogP contribution in [-0.4, -0.2) is 35.5 Å². The summed E-state index contributed by atoms with van der Waals surface area (Å²) in [6.07, 6.45) is 2.22. The highest BCUT2D eigenvalue weighted by atomic mass is 16.6. The average molecular weight is 329 g/mol. The molecule has 0 saturated carbocycles. The summed E-state index contributed by atoms with van der Waals surface area (Å²) >= 11 is 0. The van der Waals surface area contributed by atoms with Crippen molar-refractivity contribution in [2.75, 3.05) is 13.2 Å². The van der Waals surface area contributed by atoms with Crippen LogP contribution in [0.2, 0.25) is 0 Å². The lowest BCUT2D eigenvalue weighted by Gasteiger charge is -2.36. The van der Waals surface area contributed by atoms with Crippen LogP contribution in [0.3, 0.4) is 0 Å². The Kier molecular flexibility index (Phi) is 5.90. The molecule has 24 heavy (non-hydrogen) atoms. The Labute approximate surface area is 145 Å². The number of unbranched alkanes of at least 4 members (excludes halogenated alkanes) is 2. The summed E-state index contributed by atoms with van der Waals surface area (Å²) in [6, 6.07) is 9.93. The Morgan fingerprint density at radius 3 is 2.54 bits per heavy atom. The van der Waals surface area contributed by atoms with Gasteiger partial charge < -0.3 is 9.47 Å². The van der Waals surface area contributed by atoms with E-state index in [9.17, 15) is 4.79 Å². The molecule has 2 rings (SSSR count). The number of benzene rings is 1. The molecule has 1 aliphatic rings. The molecule has 0 aliphatic carbocycles. The highest BCUT2D eigenvalue weighted by molar-refractivity contribution is 5.69. The molecule has 4 nitrogen and oxygen atoms in total. The standard InChI is InChI=1S/C20H27NO3/c1-19(2)16-24-20(3,4)21(19)18(22)23-15-11-6-5-8-12-17-13-9-7-10-14-17/h7,9-10,13-14H,5-6,11,15-16H2,1-4H3. The normalized spacial score (nSPS) is 17.9. The van der Waals surface area contributed by atoms with Crippen LogP contribution < -0.4 is 0 Å². The maximum Gasteiger partial charge on any atom is 0.412 e. The van der Waals surface area contributed by atoms with Crippen molar-refractivity contribution in [3.05, 3.63) is 35.9 Å². The number of carbonyl (C=O) groups excluding carboxylic acids is 1. The molecule has 0 spiro atoms. The molecule has 1 heterocycles. The van der Waals surface area contributed by atoms with Crippen LogP contribution in [0.1, 0.15) is 52.5 Å². The molecule has 1 amide bonds. The molecule has 1 aromatic rings. The highest BCUT2D eigenvalue weighted by Gasteiger charge is 2.49. The zero-order chi connectivity index (χ0) is 17.6. The minimum atomic E-state index is -0.623. The molecule has 1 fully saturated rings. The smallest absolute Gasteiger partial charge is 0.412 e. The van der Waals surface area contributed by atoms with Gasteiger partial charge in [-0.2, -0.15) is 0 Å². The largest absolute Gasteiger partial charge is 0.449 e. The quantitative estimate of drug-likeness (QED) is 0.614. The van der Waals surface area contributed by atoms with E-state index in [0.29, 0.717) is 13.2 Å². The summed E-state index contributed by atoms with van der Waals surface area (Å²) in [5, 5.41) is 0. The molecular weight excluding hydrogens is 302 g/mol. The SMILES string of the molecule is CC1(C)COC(C)(C)N1C(=O)OCCCCC#Cc1ccccc1. The average Bonchev–Trinajstić information content (AvgIpc) is 2.75. The second-order valence-electron chi connectivity index (χ2n) is 7.12. The number of carbonyl (C=O) groups is 1. The predicted molar refractivity (Wildman–Crippen MR) is 94.5 cm³/mol. The van der Waals surface area contributed by atoms with Crippen LogP contribution in [0.4, 0.5) is 4.79 Å². The fourth-order valence-corrected chi connectivity index (χ4v) is 2.90. The summed E-state index contributed by atoms with van der Waals surface area (Å²) in [5.41, 5.74) is 0.0613. The number of nitrogens with zero attached hydrogens (tertiary/aromatic N) is 1. The maximum atomic E-state index is 12.3.